The van der Waals surface area contributed by atoms with Gasteiger partial charge < -0.3 is 9.88 Å². The van der Waals surface area contributed by atoms with Crippen LogP contribution in [0.3, 0.4) is 0 Å². The summed E-state index contributed by atoms with van der Waals surface area (Å²) in [7, 11) is -1.64. The molecule has 0 spiro atoms. The van der Waals surface area contributed by atoms with E-state index in [-0.39, 0.29) is 4.90 Å². The minimum absolute atomic E-state index is 0.202. The third-order valence-electron chi connectivity index (χ3n) is 4.00. The zero-order valence-electron chi connectivity index (χ0n) is 16.6. The molecule has 0 radical (unpaired) electrons. The Hall–Kier alpha value is -2.78. The standard InChI is InChI=1S/C19H24N6O2S/c1-13-21-12-17(25(13)5)16-10-11-20-18(23-16)22-14-6-8-15(9-7-14)28(26,27)24-19(2,3)4/h6-12,24H,1-5H3,(H,20,22,23). The van der Waals surface area contributed by atoms with Crippen molar-refractivity contribution in [3.63, 3.8) is 0 Å². The number of hydrogen-bond donors (Lipinski definition) is 2. The number of sulfonamides is 1. The molecular weight excluding hydrogens is 376 g/mol. The molecular formula is C19H24N6O2S. The molecule has 0 bridgehead atoms. The normalized spacial score (nSPS) is 12.2. The molecule has 3 rings (SSSR count). The fourth-order valence-corrected chi connectivity index (χ4v) is 4.03. The van der Waals surface area contributed by atoms with E-state index in [4.69, 9.17) is 0 Å². The van der Waals surface area contributed by atoms with Gasteiger partial charge in [-0.1, -0.05) is 0 Å². The first-order valence-electron chi connectivity index (χ1n) is 8.78. The summed E-state index contributed by atoms with van der Waals surface area (Å²) in [4.78, 5) is 13.2. The van der Waals surface area contributed by atoms with E-state index in [1.54, 1.807) is 57.4 Å². The number of nitrogens with one attached hydrogen (secondary N) is 2. The molecule has 8 nitrogen and oxygen atoms in total. The summed E-state index contributed by atoms with van der Waals surface area (Å²) in [6.07, 6.45) is 3.43. The van der Waals surface area contributed by atoms with Crippen molar-refractivity contribution < 1.29 is 8.42 Å². The van der Waals surface area contributed by atoms with E-state index in [9.17, 15) is 8.42 Å². The van der Waals surface area contributed by atoms with Gasteiger partial charge >= 0.3 is 0 Å². The minimum atomic E-state index is -3.57. The molecule has 148 valence electrons. The van der Waals surface area contributed by atoms with E-state index in [0.29, 0.717) is 11.6 Å². The van der Waals surface area contributed by atoms with E-state index in [1.807, 2.05) is 24.6 Å². The highest BCUT2D eigenvalue weighted by Gasteiger charge is 2.21. The number of aromatic nitrogens is 4. The van der Waals surface area contributed by atoms with Crippen molar-refractivity contribution in [1.82, 2.24) is 24.2 Å². The maximum Gasteiger partial charge on any atom is 0.241 e. The SMILES string of the molecule is Cc1ncc(-c2ccnc(Nc3ccc(S(=O)(=O)NC(C)(C)C)cc3)n2)n1C. The fraction of sp³-hybridized carbons (Fsp3) is 0.316. The molecule has 0 fully saturated rings. The molecule has 2 N–H and O–H groups in total. The average Bonchev–Trinajstić information content (AvgIpc) is 2.93. The first-order valence-corrected chi connectivity index (χ1v) is 10.3. The third kappa shape index (κ3) is 4.55. The van der Waals surface area contributed by atoms with Gasteiger partial charge in [-0.15, -0.1) is 0 Å². The number of anilines is 2. The number of imidazole rings is 1. The van der Waals surface area contributed by atoms with Crippen LogP contribution < -0.4 is 10.0 Å². The van der Waals surface area contributed by atoms with Crippen LogP contribution in [0.4, 0.5) is 11.6 Å². The van der Waals surface area contributed by atoms with Gasteiger partial charge in [-0.25, -0.2) is 28.1 Å². The van der Waals surface area contributed by atoms with Crippen molar-refractivity contribution >= 4 is 21.7 Å². The van der Waals surface area contributed by atoms with E-state index in [2.05, 4.69) is 25.0 Å². The lowest BCUT2D eigenvalue weighted by Crippen LogP contribution is -2.40. The highest BCUT2D eigenvalue weighted by Crippen LogP contribution is 2.21. The highest BCUT2D eigenvalue weighted by atomic mass is 32.2. The lowest BCUT2D eigenvalue weighted by atomic mass is 10.1. The predicted octanol–water partition coefficient (Wildman–Crippen LogP) is 3.01. The molecule has 0 aliphatic rings. The van der Waals surface area contributed by atoms with Crippen molar-refractivity contribution in [2.45, 2.75) is 38.1 Å². The second-order valence-electron chi connectivity index (χ2n) is 7.52. The molecule has 0 aliphatic heterocycles. The smallest absolute Gasteiger partial charge is 0.241 e. The van der Waals surface area contributed by atoms with E-state index >= 15 is 0 Å². The molecule has 2 heterocycles. The molecule has 1 aromatic carbocycles. The summed E-state index contributed by atoms with van der Waals surface area (Å²) in [5.41, 5.74) is 1.77. The topological polar surface area (TPSA) is 102 Å². The summed E-state index contributed by atoms with van der Waals surface area (Å²) in [6.45, 7) is 7.33. The second kappa shape index (κ2) is 7.33. The van der Waals surface area contributed by atoms with Crippen LogP contribution in [0.1, 0.15) is 26.6 Å². The summed E-state index contributed by atoms with van der Waals surface area (Å²) in [6, 6.07) is 8.27. The highest BCUT2D eigenvalue weighted by molar-refractivity contribution is 7.89. The molecule has 0 amide bonds. The molecule has 0 saturated carbocycles. The Morgan fingerprint density at radius 2 is 1.71 bits per heavy atom. The zero-order valence-corrected chi connectivity index (χ0v) is 17.4. The zero-order chi connectivity index (χ0) is 20.5. The molecule has 0 saturated heterocycles. The van der Waals surface area contributed by atoms with Gasteiger partial charge in [0.05, 0.1) is 22.5 Å². The Bertz CT molecular complexity index is 1080. The van der Waals surface area contributed by atoms with Gasteiger partial charge in [-0.05, 0) is 58.0 Å². The van der Waals surface area contributed by atoms with Crippen molar-refractivity contribution in [3.05, 3.63) is 48.5 Å². The van der Waals surface area contributed by atoms with Gasteiger partial charge in [0.2, 0.25) is 16.0 Å². The van der Waals surface area contributed by atoms with Gasteiger partial charge in [0, 0.05) is 24.5 Å². The molecule has 0 aliphatic carbocycles. The maximum atomic E-state index is 12.4. The molecule has 2 aromatic heterocycles. The fourth-order valence-electron chi connectivity index (χ4n) is 2.61. The number of hydrogen-bond acceptors (Lipinski definition) is 6. The maximum absolute atomic E-state index is 12.4. The molecule has 9 heteroatoms. The van der Waals surface area contributed by atoms with Gasteiger partial charge in [0.25, 0.3) is 0 Å². The quantitative estimate of drug-likeness (QED) is 0.683. The van der Waals surface area contributed by atoms with Crippen molar-refractivity contribution in [2.24, 2.45) is 7.05 Å². The summed E-state index contributed by atoms with van der Waals surface area (Å²) in [5.74, 6) is 1.31. The van der Waals surface area contributed by atoms with Gasteiger partial charge in [-0.3, -0.25) is 0 Å². The van der Waals surface area contributed by atoms with Crippen LogP contribution in [0, 0.1) is 6.92 Å². The Labute approximate surface area is 165 Å². The molecule has 28 heavy (non-hydrogen) atoms. The average molecular weight is 401 g/mol. The van der Waals surface area contributed by atoms with Crippen LogP contribution in [-0.2, 0) is 17.1 Å². The first-order chi connectivity index (χ1) is 13.0. The van der Waals surface area contributed by atoms with Gasteiger partial charge in [0.1, 0.15) is 5.82 Å². The van der Waals surface area contributed by atoms with Crippen LogP contribution >= 0.6 is 0 Å². The number of benzene rings is 1. The third-order valence-corrected chi connectivity index (χ3v) is 5.77. The summed E-state index contributed by atoms with van der Waals surface area (Å²) in [5, 5.41) is 3.10. The predicted molar refractivity (Wildman–Crippen MR) is 109 cm³/mol. The van der Waals surface area contributed by atoms with Crippen LogP contribution in [0.2, 0.25) is 0 Å². The molecule has 0 atom stereocenters. The Balaban J connectivity index is 1.80. The monoisotopic (exact) mass is 400 g/mol. The molecule has 3 aromatic rings. The van der Waals surface area contributed by atoms with Crippen LogP contribution in [0.15, 0.2) is 47.6 Å². The lowest BCUT2D eigenvalue weighted by molar-refractivity contribution is 0.491. The number of aryl methyl sites for hydroxylation is 1. The summed E-state index contributed by atoms with van der Waals surface area (Å²) >= 11 is 0. The van der Waals surface area contributed by atoms with Crippen molar-refractivity contribution in [3.8, 4) is 11.4 Å². The number of rotatable bonds is 5. The van der Waals surface area contributed by atoms with Crippen molar-refractivity contribution in [1.29, 1.82) is 0 Å². The van der Waals surface area contributed by atoms with Gasteiger partial charge in [0.15, 0.2) is 0 Å². The van der Waals surface area contributed by atoms with E-state index < -0.39 is 15.6 Å². The Morgan fingerprint density at radius 3 is 2.29 bits per heavy atom. The Kier molecular flexibility index (Phi) is 5.22. The Morgan fingerprint density at radius 1 is 1.04 bits per heavy atom. The lowest BCUT2D eigenvalue weighted by Gasteiger charge is -2.20. The summed E-state index contributed by atoms with van der Waals surface area (Å²) < 4.78 is 29.4. The van der Waals surface area contributed by atoms with E-state index in [1.165, 1.54) is 0 Å². The van der Waals surface area contributed by atoms with Crippen LogP contribution in [0.5, 0.6) is 0 Å². The second-order valence-corrected chi connectivity index (χ2v) is 9.20. The van der Waals surface area contributed by atoms with Crippen molar-refractivity contribution in [2.75, 3.05) is 5.32 Å². The number of nitrogens with zero attached hydrogens (tertiary/aromatic N) is 4. The first kappa shape index (κ1) is 20.0. The largest absolute Gasteiger partial charge is 0.330 e. The minimum Gasteiger partial charge on any atom is -0.330 e. The van der Waals surface area contributed by atoms with Crippen LogP contribution in [-0.4, -0.2) is 33.5 Å². The van der Waals surface area contributed by atoms with Crippen LogP contribution in [0.25, 0.3) is 11.4 Å². The van der Waals surface area contributed by atoms with Gasteiger partial charge in [-0.2, -0.15) is 0 Å². The van der Waals surface area contributed by atoms with E-state index in [0.717, 1.165) is 17.2 Å². The molecule has 0 unspecified atom stereocenters.